The van der Waals surface area contributed by atoms with Gasteiger partial charge in [-0.3, -0.25) is 5.10 Å². The Morgan fingerprint density at radius 2 is 2.04 bits per heavy atom. The van der Waals surface area contributed by atoms with E-state index in [1.165, 1.54) is 44.4 Å². The van der Waals surface area contributed by atoms with Gasteiger partial charge in [-0.05, 0) is 30.5 Å². The van der Waals surface area contributed by atoms with Gasteiger partial charge in [0.05, 0.1) is 17.3 Å². The molecule has 6 nitrogen and oxygen atoms in total. The van der Waals surface area contributed by atoms with Crippen molar-refractivity contribution in [1.82, 2.24) is 20.3 Å². The number of aromatic nitrogens is 4. The van der Waals surface area contributed by atoms with Gasteiger partial charge in [0.1, 0.15) is 5.82 Å². The van der Waals surface area contributed by atoms with E-state index in [-0.39, 0.29) is 0 Å². The van der Waals surface area contributed by atoms with Crippen molar-refractivity contribution < 1.29 is 8.91 Å². The molecule has 0 bridgehead atoms. The normalized spacial score (nSPS) is 15.6. The van der Waals surface area contributed by atoms with Crippen LogP contribution in [0.3, 0.4) is 0 Å². The van der Waals surface area contributed by atoms with Crippen molar-refractivity contribution in [3.63, 3.8) is 0 Å². The second-order valence-corrected chi connectivity index (χ2v) is 7.30. The monoisotopic (exact) mass is 365 g/mol. The lowest BCUT2D eigenvalue weighted by Crippen LogP contribution is -2.09. The van der Waals surface area contributed by atoms with Gasteiger partial charge in [-0.15, -0.1) is 0 Å². The topological polar surface area (TPSA) is 79.6 Å². The van der Waals surface area contributed by atoms with Crippen LogP contribution in [0.1, 0.15) is 37.8 Å². The number of fused-ring (bicyclic) bond motifs is 2. The van der Waals surface area contributed by atoms with Gasteiger partial charge >= 0.3 is 0 Å². The van der Waals surface area contributed by atoms with Gasteiger partial charge < -0.3 is 9.84 Å². The fourth-order valence-electron chi connectivity index (χ4n) is 3.99. The summed E-state index contributed by atoms with van der Waals surface area (Å²) in [5, 5.41) is 16.1. The molecule has 138 valence electrons. The smallest absolute Gasteiger partial charge is 0.169 e. The summed E-state index contributed by atoms with van der Waals surface area (Å²) < 4.78 is 19.0. The van der Waals surface area contributed by atoms with E-state index in [9.17, 15) is 4.39 Å². The van der Waals surface area contributed by atoms with E-state index in [0.717, 1.165) is 28.8 Å². The third-order valence-electron chi connectivity index (χ3n) is 5.40. The van der Waals surface area contributed by atoms with E-state index in [1.54, 1.807) is 0 Å². The Hall–Kier alpha value is -2.96. The molecule has 1 aromatic carbocycles. The lowest BCUT2D eigenvalue weighted by atomic mass is 9.86. The number of halogens is 1. The maximum atomic E-state index is 13.5. The van der Waals surface area contributed by atoms with Gasteiger partial charge in [0, 0.05) is 17.1 Å². The average Bonchev–Trinajstić information content (AvgIpc) is 3.27. The summed E-state index contributed by atoms with van der Waals surface area (Å²) in [4.78, 5) is 3.99. The van der Waals surface area contributed by atoms with Crippen molar-refractivity contribution in [2.24, 2.45) is 5.92 Å². The summed E-state index contributed by atoms with van der Waals surface area (Å²) in [7, 11) is 0. The van der Waals surface area contributed by atoms with Crippen molar-refractivity contribution in [3.05, 3.63) is 42.0 Å². The molecule has 2 N–H and O–H groups in total. The quantitative estimate of drug-likeness (QED) is 0.526. The molecule has 3 aromatic heterocycles. The minimum Gasteiger partial charge on any atom is -0.356 e. The molecule has 0 radical (unpaired) electrons. The maximum absolute atomic E-state index is 13.5. The first kappa shape index (κ1) is 16.2. The number of anilines is 2. The van der Waals surface area contributed by atoms with Crippen molar-refractivity contribution >= 4 is 33.5 Å². The number of benzene rings is 1. The van der Waals surface area contributed by atoms with Gasteiger partial charge in [-0.2, -0.15) is 5.10 Å². The zero-order valence-electron chi connectivity index (χ0n) is 14.8. The SMILES string of the molecule is Fc1cnc2[nH]nc(Nc3ccc4c(CC5CCCCC5)noc4c3)c2c1. The van der Waals surface area contributed by atoms with E-state index in [2.05, 4.69) is 25.7 Å². The Bertz CT molecular complexity index is 1100. The third-order valence-corrected chi connectivity index (χ3v) is 5.40. The van der Waals surface area contributed by atoms with Crippen LogP contribution >= 0.6 is 0 Å². The molecule has 0 aliphatic heterocycles. The van der Waals surface area contributed by atoms with Crippen molar-refractivity contribution in [1.29, 1.82) is 0 Å². The van der Waals surface area contributed by atoms with E-state index in [4.69, 9.17) is 4.52 Å². The lowest BCUT2D eigenvalue weighted by molar-refractivity contribution is 0.346. The molecule has 0 amide bonds. The van der Waals surface area contributed by atoms with Crippen LogP contribution in [0.4, 0.5) is 15.9 Å². The molecule has 3 heterocycles. The van der Waals surface area contributed by atoms with Crippen LogP contribution in [0.2, 0.25) is 0 Å². The first-order valence-electron chi connectivity index (χ1n) is 9.41. The molecular weight excluding hydrogens is 345 g/mol. The highest BCUT2D eigenvalue weighted by Crippen LogP contribution is 2.31. The van der Waals surface area contributed by atoms with Crippen LogP contribution in [-0.4, -0.2) is 20.3 Å². The summed E-state index contributed by atoms with van der Waals surface area (Å²) in [6, 6.07) is 7.31. The predicted octanol–water partition coefficient (Wildman–Crippen LogP) is 5.10. The fraction of sp³-hybridized carbons (Fsp3) is 0.350. The Kier molecular flexibility index (Phi) is 3.99. The minimum atomic E-state index is -0.398. The van der Waals surface area contributed by atoms with Gasteiger partial charge in [0.2, 0.25) is 0 Å². The van der Waals surface area contributed by atoms with Crippen molar-refractivity contribution in [2.45, 2.75) is 38.5 Å². The Morgan fingerprint density at radius 1 is 1.15 bits per heavy atom. The van der Waals surface area contributed by atoms with Crippen molar-refractivity contribution in [3.8, 4) is 0 Å². The minimum absolute atomic E-state index is 0.398. The summed E-state index contributed by atoms with van der Waals surface area (Å²) in [5.41, 5.74) is 3.13. The molecule has 27 heavy (non-hydrogen) atoms. The largest absolute Gasteiger partial charge is 0.356 e. The first-order chi connectivity index (χ1) is 13.3. The number of pyridine rings is 1. The van der Waals surface area contributed by atoms with Crippen LogP contribution < -0.4 is 5.32 Å². The number of hydrogen-bond donors (Lipinski definition) is 2. The van der Waals surface area contributed by atoms with E-state index in [1.807, 2.05) is 18.2 Å². The predicted molar refractivity (Wildman–Crippen MR) is 101 cm³/mol. The van der Waals surface area contributed by atoms with Gasteiger partial charge in [0.15, 0.2) is 17.0 Å². The number of hydrogen-bond acceptors (Lipinski definition) is 5. The number of H-pyrrole nitrogens is 1. The molecule has 5 rings (SSSR count). The molecule has 0 spiro atoms. The summed E-state index contributed by atoms with van der Waals surface area (Å²) in [6.07, 6.45) is 8.71. The molecule has 0 saturated heterocycles. The highest BCUT2D eigenvalue weighted by Gasteiger charge is 2.18. The summed E-state index contributed by atoms with van der Waals surface area (Å²) >= 11 is 0. The highest BCUT2D eigenvalue weighted by atomic mass is 19.1. The van der Waals surface area contributed by atoms with Crippen LogP contribution in [-0.2, 0) is 6.42 Å². The molecule has 1 fully saturated rings. The van der Waals surface area contributed by atoms with Gasteiger partial charge in [0.25, 0.3) is 0 Å². The Morgan fingerprint density at radius 3 is 2.93 bits per heavy atom. The van der Waals surface area contributed by atoms with Crippen LogP contribution in [0.25, 0.3) is 22.0 Å². The van der Waals surface area contributed by atoms with E-state index < -0.39 is 5.82 Å². The van der Waals surface area contributed by atoms with Crippen LogP contribution in [0.5, 0.6) is 0 Å². The molecule has 7 heteroatoms. The zero-order valence-corrected chi connectivity index (χ0v) is 14.8. The number of aromatic amines is 1. The zero-order chi connectivity index (χ0) is 18.2. The van der Waals surface area contributed by atoms with Crippen LogP contribution in [0.15, 0.2) is 35.0 Å². The number of nitrogens with one attached hydrogen (secondary N) is 2. The highest BCUT2D eigenvalue weighted by molar-refractivity contribution is 5.90. The van der Waals surface area contributed by atoms with Crippen LogP contribution in [0, 0.1) is 11.7 Å². The van der Waals surface area contributed by atoms with Gasteiger partial charge in [-0.25, -0.2) is 9.37 Å². The van der Waals surface area contributed by atoms with E-state index in [0.29, 0.717) is 22.8 Å². The summed E-state index contributed by atoms with van der Waals surface area (Å²) in [5.74, 6) is 0.839. The Balaban J connectivity index is 1.40. The van der Waals surface area contributed by atoms with Gasteiger partial charge in [-0.1, -0.05) is 37.3 Å². The second-order valence-electron chi connectivity index (χ2n) is 7.30. The molecule has 4 aromatic rings. The van der Waals surface area contributed by atoms with Crippen molar-refractivity contribution in [2.75, 3.05) is 5.32 Å². The molecular formula is C20H20FN5O. The lowest BCUT2D eigenvalue weighted by Gasteiger charge is -2.20. The second kappa shape index (κ2) is 6.64. The fourth-order valence-corrected chi connectivity index (χ4v) is 3.99. The average molecular weight is 365 g/mol. The van der Waals surface area contributed by atoms with E-state index >= 15 is 0 Å². The molecule has 0 unspecified atom stereocenters. The molecule has 1 saturated carbocycles. The molecule has 0 atom stereocenters. The summed E-state index contributed by atoms with van der Waals surface area (Å²) in [6.45, 7) is 0. The third kappa shape index (κ3) is 3.13. The molecule has 1 aliphatic carbocycles. The Labute approximate surface area is 155 Å². The standard InChI is InChI=1S/C20H20FN5O/c21-13-9-16-19(22-11-13)24-25-20(16)23-14-6-7-15-17(26-27-18(15)10-14)8-12-4-2-1-3-5-12/h6-7,9-12H,1-5,8H2,(H2,22,23,24,25). The number of nitrogens with zero attached hydrogens (tertiary/aromatic N) is 3. The maximum Gasteiger partial charge on any atom is 0.169 e. The molecule has 1 aliphatic rings. The number of rotatable bonds is 4. The first-order valence-corrected chi connectivity index (χ1v) is 9.41.